The fourth-order valence-corrected chi connectivity index (χ4v) is 4.76. The number of hydrogen-bond donors (Lipinski definition) is 3. The summed E-state index contributed by atoms with van der Waals surface area (Å²) in [5.74, 6) is -1.63. The van der Waals surface area contributed by atoms with Crippen molar-refractivity contribution in [2.75, 3.05) is 13.2 Å². The lowest BCUT2D eigenvalue weighted by molar-refractivity contribution is -0.139. The van der Waals surface area contributed by atoms with Gasteiger partial charge in [0.05, 0.1) is 5.92 Å². The second-order valence-electron chi connectivity index (χ2n) is 10.8. The van der Waals surface area contributed by atoms with E-state index in [1.165, 1.54) is 0 Å². The lowest BCUT2D eigenvalue weighted by Crippen LogP contribution is -2.48. The Balaban J connectivity index is 1.37. The fraction of sp³-hybridized carbons (Fsp3) is 0.464. The van der Waals surface area contributed by atoms with Gasteiger partial charge in [-0.15, -0.1) is 0 Å². The Morgan fingerprint density at radius 2 is 1.63 bits per heavy atom. The van der Waals surface area contributed by atoms with E-state index in [1.54, 1.807) is 0 Å². The van der Waals surface area contributed by atoms with Gasteiger partial charge in [-0.05, 0) is 52.8 Å². The van der Waals surface area contributed by atoms with E-state index < -0.39 is 24.0 Å². The van der Waals surface area contributed by atoms with Crippen molar-refractivity contribution >= 4 is 18.0 Å². The molecule has 2 aliphatic carbocycles. The Morgan fingerprint density at radius 1 is 1.03 bits per heavy atom. The van der Waals surface area contributed by atoms with Crippen LogP contribution in [0.4, 0.5) is 4.79 Å². The normalized spacial score (nSPS) is 19.3. The van der Waals surface area contributed by atoms with E-state index in [2.05, 4.69) is 55.7 Å². The van der Waals surface area contributed by atoms with Crippen LogP contribution in [0.2, 0.25) is 0 Å². The van der Waals surface area contributed by atoms with E-state index in [-0.39, 0.29) is 29.8 Å². The minimum Gasteiger partial charge on any atom is -0.481 e. The van der Waals surface area contributed by atoms with Gasteiger partial charge in [0, 0.05) is 12.5 Å². The van der Waals surface area contributed by atoms with Gasteiger partial charge in [-0.2, -0.15) is 0 Å². The van der Waals surface area contributed by atoms with Crippen LogP contribution in [0.15, 0.2) is 48.5 Å². The maximum atomic E-state index is 12.9. The molecule has 186 valence electrons. The minimum absolute atomic E-state index is 0.00766. The monoisotopic (exact) mass is 478 g/mol. The first-order valence-corrected chi connectivity index (χ1v) is 12.3. The predicted octanol–water partition coefficient (Wildman–Crippen LogP) is 4.56. The van der Waals surface area contributed by atoms with Crippen molar-refractivity contribution in [3.8, 4) is 11.1 Å². The molecule has 1 fully saturated rings. The number of ether oxygens (including phenoxy) is 1. The van der Waals surface area contributed by atoms with Crippen molar-refractivity contribution in [2.45, 2.75) is 52.0 Å². The number of aliphatic carboxylic acids is 1. The quantitative estimate of drug-likeness (QED) is 0.490. The summed E-state index contributed by atoms with van der Waals surface area (Å²) in [5.41, 5.74) is 4.55. The molecule has 0 aliphatic heterocycles. The van der Waals surface area contributed by atoms with E-state index in [0.717, 1.165) is 28.7 Å². The zero-order chi connectivity index (χ0) is 25.2. The summed E-state index contributed by atoms with van der Waals surface area (Å²) in [5, 5.41) is 14.6. The number of carboxylic acids is 1. The van der Waals surface area contributed by atoms with Crippen molar-refractivity contribution < 1.29 is 24.2 Å². The number of alkyl carbamates (subject to hydrolysis) is 1. The molecule has 0 aromatic heterocycles. The van der Waals surface area contributed by atoms with Crippen LogP contribution in [0.3, 0.4) is 0 Å². The van der Waals surface area contributed by atoms with Gasteiger partial charge in [-0.1, -0.05) is 69.3 Å². The molecular formula is C28H34N2O5. The van der Waals surface area contributed by atoms with Crippen LogP contribution in [0.1, 0.15) is 57.1 Å². The molecule has 0 saturated heterocycles. The third-order valence-electron chi connectivity index (χ3n) is 6.91. The number of carbonyl (C=O) groups is 3. The summed E-state index contributed by atoms with van der Waals surface area (Å²) in [6.07, 6.45) is 1.14. The number of rotatable bonds is 9. The number of amides is 2. The highest BCUT2D eigenvalue weighted by molar-refractivity contribution is 5.86. The van der Waals surface area contributed by atoms with Crippen molar-refractivity contribution in [3.63, 3.8) is 0 Å². The molecule has 7 nitrogen and oxygen atoms in total. The SMILES string of the molecule is CC(C)(C)CCC(NC(=O)OCC1c2ccccc2-c2ccccc21)C(=O)NC[C@H]1C[C@H]1C(=O)O. The Morgan fingerprint density at radius 3 is 2.17 bits per heavy atom. The van der Waals surface area contributed by atoms with Crippen LogP contribution in [0, 0.1) is 17.3 Å². The number of benzene rings is 2. The second kappa shape index (κ2) is 10.1. The molecule has 3 atom stereocenters. The fourth-order valence-electron chi connectivity index (χ4n) is 4.76. The average Bonchev–Trinajstić information content (AvgIpc) is 3.54. The maximum Gasteiger partial charge on any atom is 0.407 e. The van der Waals surface area contributed by atoms with Gasteiger partial charge in [0.2, 0.25) is 5.91 Å². The number of fused-ring (bicyclic) bond motifs is 3. The minimum atomic E-state index is -0.828. The lowest BCUT2D eigenvalue weighted by atomic mass is 9.88. The van der Waals surface area contributed by atoms with Crippen LogP contribution in [-0.2, 0) is 14.3 Å². The first-order chi connectivity index (χ1) is 16.6. The van der Waals surface area contributed by atoms with Crippen LogP contribution in [0.5, 0.6) is 0 Å². The van der Waals surface area contributed by atoms with Gasteiger partial charge in [0.1, 0.15) is 12.6 Å². The molecule has 2 amide bonds. The van der Waals surface area contributed by atoms with Crippen LogP contribution in [0.25, 0.3) is 11.1 Å². The van der Waals surface area contributed by atoms with Crippen LogP contribution >= 0.6 is 0 Å². The molecule has 0 heterocycles. The Kier molecular flexibility index (Phi) is 7.15. The van der Waals surface area contributed by atoms with Crippen LogP contribution < -0.4 is 10.6 Å². The molecule has 1 unspecified atom stereocenters. The first-order valence-electron chi connectivity index (χ1n) is 12.3. The van der Waals surface area contributed by atoms with Crippen molar-refractivity contribution in [1.29, 1.82) is 0 Å². The number of carboxylic acid groups (broad SMARTS) is 1. The molecule has 7 heteroatoms. The topological polar surface area (TPSA) is 105 Å². The first kappa shape index (κ1) is 24.8. The highest BCUT2D eigenvalue weighted by Crippen LogP contribution is 2.44. The largest absolute Gasteiger partial charge is 0.481 e. The van der Waals surface area contributed by atoms with Gasteiger partial charge in [-0.3, -0.25) is 9.59 Å². The zero-order valence-electron chi connectivity index (χ0n) is 20.5. The Hall–Kier alpha value is -3.35. The highest BCUT2D eigenvalue weighted by Gasteiger charge is 2.43. The molecule has 2 aliphatic rings. The third kappa shape index (κ3) is 6.02. The molecular weight excluding hydrogens is 444 g/mol. The summed E-state index contributed by atoms with van der Waals surface area (Å²) in [6, 6.07) is 15.5. The molecule has 0 bridgehead atoms. The van der Waals surface area contributed by atoms with Gasteiger partial charge in [0.15, 0.2) is 0 Å². The molecule has 0 radical (unpaired) electrons. The van der Waals surface area contributed by atoms with Gasteiger partial charge < -0.3 is 20.5 Å². The molecule has 3 N–H and O–H groups in total. The lowest BCUT2D eigenvalue weighted by Gasteiger charge is -2.24. The van der Waals surface area contributed by atoms with E-state index in [1.807, 2.05) is 24.3 Å². The van der Waals surface area contributed by atoms with Gasteiger partial charge in [-0.25, -0.2) is 4.79 Å². The van der Waals surface area contributed by atoms with E-state index >= 15 is 0 Å². The number of hydrogen-bond acceptors (Lipinski definition) is 4. The predicted molar refractivity (Wildman–Crippen MR) is 133 cm³/mol. The van der Waals surface area contributed by atoms with E-state index in [9.17, 15) is 14.4 Å². The Labute approximate surface area is 206 Å². The van der Waals surface area contributed by atoms with Crippen LogP contribution in [-0.4, -0.2) is 42.3 Å². The summed E-state index contributed by atoms with van der Waals surface area (Å²) in [6.45, 7) is 6.72. The maximum absolute atomic E-state index is 12.9. The van der Waals surface area contributed by atoms with Gasteiger partial charge in [0.25, 0.3) is 0 Å². The average molecular weight is 479 g/mol. The Bertz CT molecular complexity index is 1060. The van der Waals surface area contributed by atoms with Crippen molar-refractivity contribution in [3.05, 3.63) is 59.7 Å². The third-order valence-corrected chi connectivity index (χ3v) is 6.91. The van der Waals surface area contributed by atoms with E-state index in [4.69, 9.17) is 9.84 Å². The summed E-state index contributed by atoms with van der Waals surface area (Å²) < 4.78 is 5.63. The zero-order valence-corrected chi connectivity index (χ0v) is 20.5. The number of carbonyl (C=O) groups excluding carboxylic acids is 2. The second-order valence-corrected chi connectivity index (χ2v) is 10.8. The van der Waals surface area contributed by atoms with E-state index in [0.29, 0.717) is 19.4 Å². The molecule has 0 spiro atoms. The number of nitrogens with one attached hydrogen (secondary N) is 2. The summed E-state index contributed by atoms with van der Waals surface area (Å²) >= 11 is 0. The molecule has 2 aromatic rings. The molecule has 2 aromatic carbocycles. The van der Waals surface area contributed by atoms with Crippen molar-refractivity contribution in [1.82, 2.24) is 10.6 Å². The standard InChI is InChI=1S/C28H34N2O5/c1-28(2,3)13-12-24(25(31)29-15-17-14-22(17)26(32)33)30-27(34)35-16-23-20-10-6-4-8-18(20)19-9-5-7-11-21(19)23/h4-11,17,22-24H,12-16H2,1-3H3,(H,29,31)(H,30,34)(H,32,33)/t17-,22-,24?/m1/s1. The molecule has 35 heavy (non-hydrogen) atoms. The molecule has 4 rings (SSSR count). The summed E-state index contributed by atoms with van der Waals surface area (Å²) in [4.78, 5) is 36.7. The summed E-state index contributed by atoms with van der Waals surface area (Å²) in [7, 11) is 0. The van der Waals surface area contributed by atoms with Gasteiger partial charge >= 0.3 is 12.1 Å². The van der Waals surface area contributed by atoms with Crippen molar-refractivity contribution in [2.24, 2.45) is 17.3 Å². The smallest absolute Gasteiger partial charge is 0.407 e. The molecule has 1 saturated carbocycles. The highest BCUT2D eigenvalue weighted by atomic mass is 16.5.